The van der Waals surface area contributed by atoms with E-state index in [9.17, 15) is 13.2 Å². The molecule has 0 bridgehead atoms. The van der Waals surface area contributed by atoms with Gasteiger partial charge in [-0.1, -0.05) is 6.07 Å². The molecule has 2 heterocycles. The van der Waals surface area contributed by atoms with Gasteiger partial charge in [-0.05, 0) is 6.07 Å². The zero-order valence-electron chi connectivity index (χ0n) is 11.7. The molecule has 2 rings (SSSR count). The first-order valence-electron chi connectivity index (χ1n) is 6.27. The summed E-state index contributed by atoms with van der Waals surface area (Å²) in [5, 5.41) is 0. The molecule has 8 heteroatoms. The molecule has 0 aromatic carbocycles. The predicted octanol–water partition coefficient (Wildman–Crippen LogP) is 1.93. The molecule has 5 nitrogen and oxygen atoms in total. The summed E-state index contributed by atoms with van der Waals surface area (Å²) in [6, 6.07) is 2.31. The largest absolute Gasteiger partial charge is 0.433 e. The second-order valence-electron chi connectivity index (χ2n) is 4.69. The second kappa shape index (κ2) is 5.72. The van der Waals surface area contributed by atoms with Gasteiger partial charge in [0, 0.05) is 38.6 Å². The highest BCUT2D eigenvalue weighted by Crippen LogP contribution is 2.30. The van der Waals surface area contributed by atoms with Crippen LogP contribution in [0.3, 0.4) is 0 Å². The van der Waals surface area contributed by atoms with Crippen molar-refractivity contribution in [2.45, 2.75) is 19.3 Å². The summed E-state index contributed by atoms with van der Waals surface area (Å²) in [7, 11) is 3.48. The molecule has 0 aliphatic rings. The third-order valence-electron chi connectivity index (χ3n) is 3.13. The van der Waals surface area contributed by atoms with Crippen LogP contribution in [-0.4, -0.2) is 21.6 Å². The molecule has 21 heavy (non-hydrogen) atoms. The Bertz CT molecular complexity index is 621. The number of alkyl halides is 3. The van der Waals surface area contributed by atoms with E-state index in [1.807, 2.05) is 7.05 Å². The summed E-state index contributed by atoms with van der Waals surface area (Å²) in [6.07, 6.45) is -1.08. The molecule has 2 aromatic rings. The average Bonchev–Trinajstić information content (AvgIpc) is 2.82. The zero-order chi connectivity index (χ0) is 15.6. The van der Waals surface area contributed by atoms with Gasteiger partial charge in [0.05, 0.1) is 6.54 Å². The normalized spacial score (nSPS) is 11.7. The van der Waals surface area contributed by atoms with Crippen LogP contribution in [0.2, 0.25) is 0 Å². The number of hydrogen-bond acceptors (Lipinski definition) is 4. The van der Waals surface area contributed by atoms with Crippen LogP contribution in [-0.2, 0) is 26.3 Å². The number of nitrogens with zero attached hydrogens (tertiary/aromatic N) is 4. The van der Waals surface area contributed by atoms with Gasteiger partial charge in [-0.25, -0.2) is 9.97 Å². The highest BCUT2D eigenvalue weighted by atomic mass is 19.4. The molecule has 0 aliphatic carbocycles. The van der Waals surface area contributed by atoms with Gasteiger partial charge in [-0.3, -0.25) is 0 Å². The predicted molar refractivity (Wildman–Crippen MR) is 72.4 cm³/mol. The fraction of sp³-hybridized carbons (Fsp3) is 0.385. The van der Waals surface area contributed by atoms with E-state index in [0.29, 0.717) is 12.1 Å². The lowest BCUT2D eigenvalue weighted by Crippen LogP contribution is -2.23. The Balaban J connectivity index is 2.34. The number of imidazole rings is 1. The van der Waals surface area contributed by atoms with Gasteiger partial charge in [-0.2, -0.15) is 13.2 Å². The SMILES string of the molecule is CN(Cc1nccn1C)c1nc(C(F)(F)F)ccc1CN. The molecule has 0 atom stereocenters. The number of rotatable bonds is 4. The Morgan fingerprint density at radius 3 is 2.57 bits per heavy atom. The van der Waals surface area contributed by atoms with E-state index in [2.05, 4.69) is 9.97 Å². The maximum atomic E-state index is 12.8. The molecule has 0 amide bonds. The smallest absolute Gasteiger partial charge is 0.352 e. The van der Waals surface area contributed by atoms with Crippen molar-refractivity contribution in [3.63, 3.8) is 0 Å². The molecule has 0 fully saturated rings. The van der Waals surface area contributed by atoms with Crippen LogP contribution in [0.15, 0.2) is 24.5 Å². The first kappa shape index (κ1) is 15.3. The van der Waals surface area contributed by atoms with E-state index >= 15 is 0 Å². The van der Waals surface area contributed by atoms with Crippen LogP contribution in [0.4, 0.5) is 19.0 Å². The molecule has 0 unspecified atom stereocenters. The number of hydrogen-bond donors (Lipinski definition) is 1. The topological polar surface area (TPSA) is 60.0 Å². The van der Waals surface area contributed by atoms with Crippen molar-refractivity contribution in [2.24, 2.45) is 12.8 Å². The minimum absolute atomic E-state index is 0.116. The molecular formula is C13H16F3N5. The van der Waals surface area contributed by atoms with Crippen LogP contribution < -0.4 is 10.6 Å². The first-order valence-corrected chi connectivity index (χ1v) is 6.27. The summed E-state index contributed by atoms with van der Waals surface area (Å²) in [6.45, 7) is 0.455. The lowest BCUT2D eigenvalue weighted by molar-refractivity contribution is -0.141. The molecule has 114 valence electrons. The Morgan fingerprint density at radius 2 is 2.05 bits per heavy atom. The van der Waals surface area contributed by atoms with Crippen LogP contribution in [0.5, 0.6) is 0 Å². The van der Waals surface area contributed by atoms with Crippen molar-refractivity contribution < 1.29 is 13.2 Å². The standard InChI is InChI=1S/C13H16F3N5/c1-20-6-5-18-11(20)8-21(2)12-9(7-17)3-4-10(19-12)13(14,15)16/h3-6H,7-8,17H2,1-2H3. The van der Waals surface area contributed by atoms with Gasteiger partial charge in [0.25, 0.3) is 0 Å². The fourth-order valence-electron chi connectivity index (χ4n) is 1.96. The monoisotopic (exact) mass is 299 g/mol. The Hall–Kier alpha value is -2.09. The molecule has 0 spiro atoms. The molecule has 2 aromatic heterocycles. The van der Waals surface area contributed by atoms with E-state index in [-0.39, 0.29) is 12.4 Å². The van der Waals surface area contributed by atoms with Crippen LogP contribution in [0.1, 0.15) is 17.1 Å². The number of pyridine rings is 1. The van der Waals surface area contributed by atoms with E-state index in [4.69, 9.17) is 5.73 Å². The van der Waals surface area contributed by atoms with Gasteiger partial charge in [0.15, 0.2) is 0 Å². The van der Waals surface area contributed by atoms with Crippen molar-refractivity contribution in [3.8, 4) is 0 Å². The number of aryl methyl sites for hydroxylation is 1. The molecular weight excluding hydrogens is 283 g/mol. The zero-order valence-corrected chi connectivity index (χ0v) is 11.7. The quantitative estimate of drug-likeness (QED) is 0.937. The highest BCUT2D eigenvalue weighted by Gasteiger charge is 2.33. The summed E-state index contributed by atoms with van der Waals surface area (Å²) < 4.78 is 40.1. The Morgan fingerprint density at radius 1 is 1.33 bits per heavy atom. The number of halogens is 3. The van der Waals surface area contributed by atoms with Crippen LogP contribution in [0, 0.1) is 0 Å². The van der Waals surface area contributed by atoms with E-state index < -0.39 is 11.9 Å². The van der Waals surface area contributed by atoms with Crippen molar-refractivity contribution in [3.05, 3.63) is 41.6 Å². The van der Waals surface area contributed by atoms with E-state index in [1.54, 1.807) is 28.9 Å². The van der Waals surface area contributed by atoms with E-state index in [1.165, 1.54) is 6.07 Å². The van der Waals surface area contributed by atoms with Crippen LogP contribution in [0.25, 0.3) is 0 Å². The molecule has 0 saturated heterocycles. The van der Waals surface area contributed by atoms with Gasteiger partial charge in [0.1, 0.15) is 17.3 Å². The fourth-order valence-corrected chi connectivity index (χ4v) is 1.96. The summed E-state index contributed by atoms with van der Waals surface area (Å²) in [4.78, 5) is 9.47. The Kier molecular flexibility index (Phi) is 4.17. The molecule has 2 N–H and O–H groups in total. The third-order valence-corrected chi connectivity index (χ3v) is 3.13. The summed E-state index contributed by atoms with van der Waals surface area (Å²) in [5.74, 6) is 0.940. The van der Waals surface area contributed by atoms with E-state index in [0.717, 1.165) is 11.9 Å². The number of aromatic nitrogens is 3. The summed E-state index contributed by atoms with van der Waals surface area (Å²) >= 11 is 0. The lowest BCUT2D eigenvalue weighted by atomic mass is 10.2. The highest BCUT2D eigenvalue weighted by molar-refractivity contribution is 5.47. The minimum atomic E-state index is -4.48. The lowest BCUT2D eigenvalue weighted by Gasteiger charge is -2.21. The molecule has 0 aliphatic heterocycles. The van der Waals surface area contributed by atoms with Crippen LogP contribution >= 0.6 is 0 Å². The van der Waals surface area contributed by atoms with Gasteiger partial charge in [0.2, 0.25) is 0 Å². The minimum Gasteiger partial charge on any atom is -0.352 e. The third kappa shape index (κ3) is 3.33. The molecule has 0 saturated carbocycles. The van der Waals surface area contributed by atoms with Gasteiger partial charge < -0.3 is 15.2 Å². The average molecular weight is 299 g/mol. The number of anilines is 1. The maximum Gasteiger partial charge on any atom is 0.433 e. The van der Waals surface area contributed by atoms with Gasteiger partial charge in [-0.15, -0.1) is 0 Å². The summed E-state index contributed by atoms with van der Waals surface area (Å²) in [5.41, 5.74) is 5.21. The van der Waals surface area contributed by atoms with Crippen molar-refractivity contribution in [2.75, 3.05) is 11.9 Å². The molecule has 0 radical (unpaired) electrons. The van der Waals surface area contributed by atoms with Gasteiger partial charge >= 0.3 is 6.18 Å². The maximum absolute atomic E-state index is 12.8. The van der Waals surface area contributed by atoms with Crippen molar-refractivity contribution in [1.82, 2.24) is 14.5 Å². The number of nitrogens with two attached hydrogens (primary N) is 1. The van der Waals surface area contributed by atoms with Crippen molar-refractivity contribution >= 4 is 5.82 Å². The first-order chi connectivity index (χ1) is 9.82. The Labute approximate surface area is 120 Å². The second-order valence-corrected chi connectivity index (χ2v) is 4.69. The van der Waals surface area contributed by atoms with Crippen molar-refractivity contribution in [1.29, 1.82) is 0 Å².